The maximum Gasteiger partial charge on any atom is 0.0414 e. The van der Waals surface area contributed by atoms with Gasteiger partial charge in [0.2, 0.25) is 0 Å². The Hall–Kier alpha value is -1.02. The molecule has 17 heavy (non-hydrogen) atoms. The third-order valence-electron chi connectivity index (χ3n) is 3.82. The molecule has 2 rings (SSSR count). The fourth-order valence-corrected chi connectivity index (χ4v) is 2.64. The average molecular weight is 232 g/mol. The van der Waals surface area contributed by atoms with Gasteiger partial charge in [-0.2, -0.15) is 0 Å². The minimum atomic E-state index is 0.641. The maximum atomic E-state index is 5.85. The van der Waals surface area contributed by atoms with Gasteiger partial charge in [-0.05, 0) is 49.3 Å². The minimum Gasteiger partial charge on any atom is -0.371 e. The second kappa shape index (κ2) is 5.54. The number of rotatable bonds is 2. The van der Waals surface area contributed by atoms with Gasteiger partial charge in [-0.3, -0.25) is 0 Å². The molecule has 0 aromatic heterocycles. The number of aryl methyl sites for hydroxylation is 1. The molecule has 1 fully saturated rings. The van der Waals surface area contributed by atoms with E-state index in [1.54, 1.807) is 0 Å². The van der Waals surface area contributed by atoms with Crippen LogP contribution in [0.15, 0.2) is 18.2 Å². The van der Waals surface area contributed by atoms with E-state index in [1.807, 2.05) is 0 Å². The Morgan fingerprint density at radius 3 is 2.88 bits per heavy atom. The average Bonchev–Trinajstić information content (AvgIpc) is 2.54. The van der Waals surface area contributed by atoms with Crippen LogP contribution in [0.5, 0.6) is 0 Å². The number of anilines is 1. The molecular formula is C15H24N2. The highest BCUT2D eigenvalue weighted by atomic mass is 15.1. The Balaban J connectivity index is 2.22. The van der Waals surface area contributed by atoms with E-state index in [0.29, 0.717) is 6.54 Å². The van der Waals surface area contributed by atoms with Crippen LogP contribution in [-0.4, -0.2) is 13.1 Å². The zero-order valence-electron chi connectivity index (χ0n) is 11.1. The molecule has 1 heterocycles. The quantitative estimate of drug-likeness (QED) is 0.849. The van der Waals surface area contributed by atoms with Crippen molar-refractivity contribution in [2.24, 2.45) is 11.7 Å². The summed E-state index contributed by atoms with van der Waals surface area (Å²) in [6, 6.07) is 6.63. The normalized spacial score (nSPS) is 21.4. The summed E-state index contributed by atoms with van der Waals surface area (Å²) in [6.07, 6.45) is 3.97. The highest BCUT2D eigenvalue weighted by Crippen LogP contribution is 2.26. The monoisotopic (exact) mass is 232 g/mol. The molecule has 0 spiro atoms. The Morgan fingerprint density at radius 1 is 1.29 bits per heavy atom. The van der Waals surface area contributed by atoms with Gasteiger partial charge in [0.1, 0.15) is 0 Å². The molecule has 2 heteroatoms. The molecule has 94 valence electrons. The molecule has 0 saturated carbocycles. The smallest absolute Gasteiger partial charge is 0.0414 e. The van der Waals surface area contributed by atoms with Gasteiger partial charge in [-0.15, -0.1) is 0 Å². The van der Waals surface area contributed by atoms with E-state index in [4.69, 9.17) is 5.73 Å². The van der Waals surface area contributed by atoms with Crippen LogP contribution in [0.3, 0.4) is 0 Å². The van der Waals surface area contributed by atoms with E-state index in [9.17, 15) is 0 Å². The van der Waals surface area contributed by atoms with E-state index >= 15 is 0 Å². The predicted octanol–water partition coefficient (Wildman–Crippen LogP) is 3.08. The van der Waals surface area contributed by atoms with Crippen molar-refractivity contribution in [3.63, 3.8) is 0 Å². The standard InChI is InChI=1S/C15H24N2/c1-12-4-3-8-17(9-7-12)15-10-13(2)5-6-14(15)11-16/h5-6,10,12H,3-4,7-9,11,16H2,1-2H3. The van der Waals surface area contributed by atoms with Crippen molar-refractivity contribution >= 4 is 5.69 Å². The maximum absolute atomic E-state index is 5.85. The summed E-state index contributed by atoms with van der Waals surface area (Å²) in [6.45, 7) is 7.52. The van der Waals surface area contributed by atoms with Gasteiger partial charge < -0.3 is 10.6 Å². The molecule has 0 radical (unpaired) electrons. The van der Waals surface area contributed by atoms with Crippen LogP contribution in [0.4, 0.5) is 5.69 Å². The zero-order valence-corrected chi connectivity index (χ0v) is 11.1. The summed E-state index contributed by atoms with van der Waals surface area (Å²) in [5.74, 6) is 0.867. The minimum absolute atomic E-state index is 0.641. The third-order valence-corrected chi connectivity index (χ3v) is 3.82. The lowest BCUT2D eigenvalue weighted by Crippen LogP contribution is -2.25. The van der Waals surface area contributed by atoms with Crippen molar-refractivity contribution in [3.05, 3.63) is 29.3 Å². The Bertz CT molecular complexity index is 373. The first-order valence-electron chi connectivity index (χ1n) is 6.75. The first-order valence-corrected chi connectivity index (χ1v) is 6.75. The Labute approximate surface area is 105 Å². The topological polar surface area (TPSA) is 29.3 Å². The van der Waals surface area contributed by atoms with Crippen molar-refractivity contribution in [1.29, 1.82) is 0 Å². The van der Waals surface area contributed by atoms with Gasteiger partial charge in [0, 0.05) is 25.3 Å². The third kappa shape index (κ3) is 3.01. The van der Waals surface area contributed by atoms with Gasteiger partial charge in [0.25, 0.3) is 0 Å². The molecule has 0 aliphatic carbocycles. The Morgan fingerprint density at radius 2 is 2.12 bits per heavy atom. The molecule has 0 amide bonds. The van der Waals surface area contributed by atoms with Crippen LogP contribution < -0.4 is 10.6 Å². The van der Waals surface area contributed by atoms with Gasteiger partial charge in [0.15, 0.2) is 0 Å². The largest absolute Gasteiger partial charge is 0.371 e. The van der Waals surface area contributed by atoms with Crippen LogP contribution >= 0.6 is 0 Å². The molecule has 1 aliphatic rings. The van der Waals surface area contributed by atoms with E-state index in [2.05, 4.69) is 36.9 Å². The molecule has 1 atom stereocenters. The second-order valence-electron chi connectivity index (χ2n) is 5.36. The highest BCUT2D eigenvalue weighted by molar-refractivity contribution is 5.55. The molecule has 2 nitrogen and oxygen atoms in total. The van der Waals surface area contributed by atoms with E-state index in [1.165, 1.54) is 49.2 Å². The SMILES string of the molecule is Cc1ccc(CN)c(N2CCCC(C)CC2)c1. The summed E-state index contributed by atoms with van der Waals surface area (Å²) < 4.78 is 0. The van der Waals surface area contributed by atoms with Gasteiger partial charge in [-0.25, -0.2) is 0 Å². The van der Waals surface area contributed by atoms with Gasteiger partial charge in [0.05, 0.1) is 0 Å². The zero-order chi connectivity index (χ0) is 12.3. The summed E-state index contributed by atoms with van der Waals surface area (Å²) in [4.78, 5) is 2.53. The van der Waals surface area contributed by atoms with Gasteiger partial charge >= 0.3 is 0 Å². The van der Waals surface area contributed by atoms with Crippen LogP contribution in [0, 0.1) is 12.8 Å². The van der Waals surface area contributed by atoms with Crippen LogP contribution in [-0.2, 0) is 6.54 Å². The Kier molecular flexibility index (Phi) is 4.06. The molecule has 1 saturated heterocycles. The van der Waals surface area contributed by atoms with Crippen molar-refractivity contribution in [2.75, 3.05) is 18.0 Å². The summed E-state index contributed by atoms with van der Waals surface area (Å²) in [5.41, 5.74) is 9.82. The fourth-order valence-electron chi connectivity index (χ4n) is 2.64. The summed E-state index contributed by atoms with van der Waals surface area (Å²) in [5, 5.41) is 0. The molecular weight excluding hydrogens is 208 g/mol. The number of nitrogens with zero attached hydrogens (tertiary/aromatic N) is 1. The van der Waals surface area contributed by atoms with E-state index < -0.39 is 0 Å². The highest BCUT2D eigenvalue weighted by Gasteiger charge is 2.16. The van der Waals surface area contributed by atoms with Crippen molar-refractivity contribution < 1.29 is 0 Å². The van der Waals surface area contributed by atoms with Crippen LogP contribution in [0.2, 0.25) is 0 Å². The van der Waals surface area contributed by atoms with Crippen molar-refractivity contribution in [1.82, 2.24) is 0 Å². The van der Waals surface area contributed by atoms with Crippen molar-refractivity contribution in [2.45, 2.75) is 39.7 Å². The van der Waals surface area contributed by atoms with Crippen molar-refractivity contribution in [3.8, 4) is 0 Å². The lowest BCUT2D eigenvalue weighted by molar-refractivity contribution is 0.521. The summed E-state index contributed by atoms with van der Waals surface area (Å²) >= 11 is 0. The van der Waals surface area contributed by atoms with Gasteiger partial charge in [-0.1, -0.05) is 19.1 Å². The predicted molar refractivity (Wildman–Crippen MR) is 74.3 cm³/mol. The van der Waals surface area contributed by atoms with Crippen LogP contribution in [0.25, 0.3) is 0 Å². The first kappa shape index (κ1) is 12.4. The van der Waals surface area contributed by atoms with Crippen LogP contribution in [0.1, 0.15) is 37.3 Å². The lowest BCUT2D eigenvalue weighted by Gasteiger charge is -2.25. The second-order valence-corrected chi connectivity index (χ2v) is 5.36. The number of hydrogen-bond acceptors (Lipinski definition) is 2. The number of nitrogens with two attached hydrogens (primary N) is 1. The molecule has 0 bridgehead atoms. The first-order chi connectivity index (χ1) is 8.20. The van der Waals surface area contributed by atoms with E-state index in [0.717, 1.165) is 5.92 Å². The molecule has 1 unspecified atom stereocenters. The fraction of sp³-hybridized carbons (Fsp3) is 0.600. The molecule has 1 aromatic rings. The number of benzene rings is 1. The van der Waals surface area contributed by atoms with E-state index in [-0.39, 0.29) is 0 Å². The molecule has 1 aliphatic heterocycles. The molecule has 1 aromatic carbocycles. The lowest BCUT2D eigenvalue weighted by atomic mass is 10.0. The number of hydrogen-bond donors (Lipinski definition) is 1. The molecule has 2 N–H and O–H groups in total. The summed E-state index contributed by atoms with van der Waals surface area (Å²) in [7, 11) is 0.